The van der Waals surface area contributed by atoms with Crippen LogP contribution in [0.1, 0.15) is 36.8 Å². The summed E-state index contributed by atoms with van der Waals surface area (Å²) in [5, 5.41) is 0. The molecule has 2 aliphatic rings. The number of ether oxygens (including phenoxy) is 1. The maximum absolute atomic E-state index is 12.2. The van der Waals surface area contributed by atoms with Gasteiger partial charge in [-0.3, -0.25) is 4.79 Å². The average Bonchev–Trinajstić information content (AvgIpc) is 3.06. The van der Waals surface area contributed by atoms with Crippen LogP contribution in [0.15, 0.2) is 24.3 Å². The molecule has 2 fully saturated rings. The van der Waals surface area contributed by atoms with Gasteiger partial charge in [0.1, 0.15) is 5.88 Å². The highest BCUT2D eigenvalue weighted by Gasteiger charge is 2.57. The maximum Gasteiger partial charge on any atom is 0.237 e. The van der Waals surface area contributed by atoms with E-state index in [9.17, 15) is 4.79 Å². The van der Waals surface area contributed by atoms with Gasteiger partial charge >= 0.3 is 0 Å². The predicted molar refractivity (Wildman–Crippen MR) is 87.7 cm³/mol. The normalized spacial score (nSPS) is 25.8. The van der Waals surface area contributed by atoms with Crippen molar-refractivity contribution in [3.8, 4) is 0 Å². The maximum atomic E-state index is 12.2. The van der Waals surface area contributed by atoms with Crippen molar-refractivity contribution in [1.29, 1.82) is 0 Å². The van der Waals surface area contributed by atoms with Crippen LogP contribution in [-0.4, -0.2) is 30.3 Å². The number of hydrogen-bond acceptors (Lipinski definition) is 2. The van der Waals surface area contributed by atoms with E-state index in [2.05, 4.69) is 12.1 Å². The Balaban J connectivity index is 1.70. The van der Waals surface area contributed by atoms with E-state index in [1.807, 2.05) is 17.0 Å². The fraction of sp³-hybridized carbons (Fsp3) is 0.611. The Bertz CT molecular complexity index is 548. The van der Waals surface area contributed by atoms with Gasteiger partial charge < -0.3 is 9.64 Å². The molecular formula is C18H24ClNO2. The summed E-state index contributed by atoms with van der Waals surface area (Å²) in [5.41, 5.74) is 2.70. The standard InChI is InChI=1S/C18H24ClNO2/c1-22-12-15-5-2-4-14(8-15)11-20(17(21)10-19)13-18-7-3-6-16(18)9-18/h2,4-5,8,16H,3,6-7,9-13H2,1H3/t16-,18+/m1/s1. The van der Waals surface area contributed by atoms with Gasteiger partial charge in [-0.05, 0) is 41.7 Å². The Morgan fingerprint density at radius 3 is 2.91 bits per heavy atom. The summed E-state index contributed by atoms with van der Waals surface area (Å²) in [6.07, 6.45) is 5.22. The van der Waals surface area contributed by atoms with Crippen molar-refractivity contribution in [2.45, 2.75) is 38.8 Å². The number of carbonyl (C=O) groups is 1. The van der Waals surface area contributed by atoms with Gasteiger partial charge in [-0.15, -0.1) is 11.6 Å². The second kappa shape index (κ2) is 6.59. The number of halogens is 1. The molecular weight excluding hydrogens is 298 g/mol. The van der Waals surface area contributed by atoms with E-state index in [1.165, 1.54) is 25.7 Å². The van der Waals surface area contributed by atoms with Crippen LogP contribution in [0.25, 0.3) is 0 Å². The van der Waals surface area contributed by atoms with Crippen molar-refractivity contribution in [2.24, 2.45) is 11.3 Å². The van der Waals surface area contributed by atoms with Crippen LogP contribution in [0, 0.1) is 11.3 Å². The zero-order valence-corrected chi connectivity index (χ0v) is 13.9. The first-order valence-electron chi connectivity index (χ1n) is 8.07. The topological polar surface area (TPSA) is 29.5 Å². The number of rotatable bonds is 7. The average molecular weight is 322 g/mol. The Kier molecular flexibility index (Phi) is 4.74. The van der Waals surface area contributed by atoms with Crippen LogP contribution in [0.5, 0.6) is 0 Å². The summed E-state index contributed by atoms with van der Waals surface area (Å²) in [5.74, 6) is 0.960. The Morgan fingerprint density at radius 1 is 1.45 bits per heavy atom. The lowest BCUT2D eigenvalue weighted by molar-refractivity contribution is -0.130. The van der Waals surface area contributed by atoms with E-state index in [1.54, 1.807) is 7.11 Å². The summed E-state index contributed by atoms with van der Waals surface area (Å²) < 4.78 is 5.19. The summed E-state index contributed by atoms with van der Waals surface area (Å²) in [7, 11) is 1.70. The van der Waals surface area contributed by atoms with E-state index in [4.69, 9.17) is 16.3 Å². The summed E-state index contributed by atoms with van der Waals surface area (Å²) >= 11 is 5.83. The lowest BCUT2D eigenvalue weighted by Gasteiger charge is -2.27. The summed E-state index contributed by atoms with van der Waals surface area (Å²) in [6, 6.07) is 8.27. The minimum atomic E-state index is 0.0470. The predicted octanol–water partition coefficient (Wildman–Crippen LogP) is 3.59. The van der Waals surface area contributed by atoms with Crippen molar-refractivity contribution < 1.29 is 9.53 Å². The molecule has 0 saturated heterocycles. The largest absolute Gasteiger partial charge is 0.380 e. The third-order valence-corrected chi connectivity index (χ3v) is 5.46. The second-order valence-corrected chi connectivity index (χ2v) is 7.06. The molecule has 0 aliphatic heterocycles. The molecule has 22 heavy (non-hydrogen) atoms. The quantitative estimate of drug-likeness (QED) is 0.718. The minimum absolute atomic E-state index is 0.0470. The highest BCUT2D eigenvalue weighted by Crippen LogP contribution is 2.63. The molecule has 1 amide bonds. The molecule has 3 nitrogen and oxygen atoms in total. The molecule has 1 aromatic carbocycles. The lowest BCUT2D eigenvalue weighted by Crippen LogP contribution is -2.36. The number of benzene rings is 1. The minimum Gasteiger partial charge on any atom is -0.380 e. The number of alkyl halides is 1. The summed E-state index contributed by atoms with van der Waals surface area (Å²) in [4.78, 5) is 14.2. The third kappa shape index (κ3) is 3.31. The van der Waals surface area contributed by atoms with E-state index < -0.39 is 0 Å². The van der Waals surface area contributed by atoms with Crippen molar-refractivity contribution in [3.05, 3.63) is 35.4 Å². The fourth-order valence-electron chi connectivity index (χ4n) is 4.02. The Labute approximate surface area is 137 Å². The molecule has 0 N–H and O–H groups in total. The SMILES string of the molecule is COCc1cccc(CN(C[C@@]23CCC[C@@H]2C3)C(=O)CCl)c1. The van der Waals surface area contributed by atoms with Crippen molar-refractivity contribution in [1.82, 2.24) is 4.90 Å². The number of hydrogen-bond donors (Lipinski definition) is 0. The molecule has 0 bridgehead atoms. The van der Waals surface area contributed by atoms with Crippen molar-refractivity contribution in [2.75, 3.05) is 19.5 Å². The molecule has 2 aliphatic carbocycles. The number of methoxy groups -OCH3 is 1. The molecule has 4 heteroatoms. The molecule has 0 heterocycles. The van der Waals surface area contributed by atoms with Crippen LogP contribution in [0.2, 0.25) is 0 Å². The van der Waals surface area contributed by atoms with Crippen LogP contribution >= 0.6 is 11.6 Å². The zero-order chi connectivity index (χ0) is 15.6. The number of fused-ring (bicyclic) bond motifs is 1. The van der Waals surface area contributed by atoms with Crippen molar-refractivity contribution in [3.63, 3.8) is 0 Å². The van der Waals surface area contributed by atoms with Gasteiger partial charge in [0.2, 0.25) is 5.91 Å². The molecule has 0 radical (unpaired) electrons. The van der Waals surface area contributed by atoms with E-state index in [0.717, 1.165) is 23.6 Å². The van der Waals surface area contributed by atoms with E-state index in [-0.39, 0.29) is 11.8 Å². The smallest absolute Gasteiger partial charge is 0.237 e. The van der Waals surface area contributed by atoms with Crippen LogP contribution in [0.3, 0.4) is 0 Å². The van der Waals surface area contributed by atoms with Gasteiger partial charge in [0.25, 0.3) is 0 Å². The van der Waals surface area contributed by atoms with Gasteiger partial charge in [-0.2, -0.15) is 0 Å². The highest BCUT2D eigenvalue weighted by molar-refractivity contribution is 6.27. The van der Waals surface area contributed by atoms with Crippen LogP contribution in [0.4, 0.5) is 0 Å². The van der Waals surface area contributed by atoms with Gasteiger partial charge in [0, 0.05) is 20.2 Å². The summed E-state index contributed by atoms with van der Waals surface area (Å²) in [6.45, 7) is 2.12. The van der Waals surface area contributed by atoms with Crippen LogP contribution < -0.4 is 0 Å². The zero-order valence-electron chi connectivity index (χ0n) is 13.2. The number of nitrogens with zero attached hydrogens (tertiary/aromatic N) is 1. The van der Waals surface area contributed by atoms with E-state index in [0.29, 0.717) is 18.6 Å². The molecule has 2 atom stereocenters. The van der Waals surface area contributed by atoms with Gasteiger partial charge in [-0.25, -0.2) is 0 Å². The molecule has 0 unspecified atom stereocenters. The number of carbonyl (C=O) groups excluding carboxylic acids is 1. The number of amides is 1. The molecule has 0 spiro atoms. The lowest BCUT2D eigenvalue weighted by atomic mass is 10.0. The molecule has 0 aromatic heterocycles. The molecule has 2 saturated carbocycles. The van der Waals surface area contributed by atoms with Crippen LogP contribution in [-0.2, 0) is 22.7 Å². The molecule has 120 valence electrons. The molecule has 1 aromatic rings. The van der Waals surface area contributed by atoms with Crippen molar-refractivity contribution >= 4 is 17.5 Å². The monoisotopic (exact) mass is 321 g/mol. The highest BCUT2D eigenvalue weighted by atomic mass is 35.5. The third-order valence-electron chi connectivity index (χ3n) is 5.23. The van der Waals surface area contributed by atoms with Gasteiger partial charge in [-0.1, -0.05) is 30.7 Å². The first kappa shape index (κ1) is 15.8. The first-order chi connectivity index (χ1) is 10.7. The van der Waals surface area contributed by atoms with Gasteiger partial charge in [0.15, 0.2) is 0 Å². The Morgan fingerprint density at radius 2 is 2.27 bits per heavy atom. The Hall–Kier alpha value is -1.06. The first-order valence-corrected chi connectivity index (χ1v) is 8.61. The van der Waals surface area contributed by atoms with E-state index >= 15 is 0 Å². The fourth-order valence-corrected chi connectivity index (χ4v) is 4.19. The second-order valence-electron chi connectivity index (χ2n) is 6.79. The van der Waals surface area contributed by atoms with Gasteiger partial charge in [0.05, 0.1) is 6.61 Å². The molecule has 3 rings (SSSR count).